The molecular weight excluding hydrogens is 234 g/mol. The second kappa shape index (κ2) is 4.29. The Labute approximate surface area is 96.6 Å². The van der Waals surface area contributed by atoms with Gasteiger partial charge in [-0.25, -0.2) is 4.39 Å². The van der Waals surface area contributed by atoms with Crippen molar-refractivity contribution in [1.82, 2.24) is 0 Å². The van der Waals surface area contributed by atoms with Gasteiger partial charge in [0.1, 0.15) is 5.82 Å². The lowest BCUT2D eigenvalue weighted by Crippen LogP contribution is -2.14. The van der Waals surface area contributed by atoms with Crippen LogP contribution < -0.4 is 5.73 Å². The van der Waals surface area contributed by atoms with Gasteiger partial charge < -0.3 is 5.73 Å². The van der Waals surface area contributed by atoms with Crippen molar-refractivity contribution < 1.29 is 17.6 Å². The summed E-state index contributed by atoms with van der Waals surface area (Å²) in [6.45, 7) is 0. The van der Waals surface area contributed by atoms with E-state index in [0.717, 1.165) is 25.0 Å². The first-order valence-corrected chi connectivity index (χ1v) is 5.50. The molecule has 1 saturated carbocycles. The molecule has 0 saturated heterocycles. The molecule has 2 N–H and O–H groups in total. The van der Waals surface area contributed by atoms with E-state index in [2.05, 4.69) is 0 Å². The number of hydrogen-bond donors (Lipinski definition) is 1. The number of rotatable bonds is 3. The molecule has 0 bridgehead atoms. The zero-order chi connectivity index (χ0) is 12.6. The molecule has 1 nitrogen and oxygen atoms in total. The average Bonchev–Trinajstić information content (AvgIpc) is 2.99. The van der Waals surface area contributed by atoms with E-state index in [4.69, 9.17) is 5.73 Å². The highest BCUT2D eigenvalue weighted by atomic mass is 19.4. The van der Waals surface area contributed by atoms with E-state index in [1.54, 1.807) is 0 Å². The van der Waals surface area contributed by atoms with Gasteiger partial charge in [-0.15, -0.1) is 0 Å². The predicted molar refractivity (Wildman–Crippen MR) is 55.7 cm³/mol. The molecule has 1 aliphatic carbocycles. The number of nitrogens with two attached hydrogens (primary N) is 1. The molecule has 0 spiro atoms. The Balaban J connectivity index is 2.18. The standard InChI is InChI=1S/C12H13F4N/c13-10-6-8(12(14,15)16)3-4-9(10)11(17)5-7-1-2-7/h3-4,6-7,11H,1-2,5,17H2/t11-/m1/s1. The van der Waals surface area contributed by atoms with Crippen molar-refractivity contribution in [2.45, 2.75) is 31.5 Å². The Kier molecular flexibility index (Phi) is 3.12. The van der Waals surface area contributed by atoms with Crippen molar-refractivity contribution in [2.75, 3.05) is 0 Å². The van der Waals surface area contributed by atoms with Gasteiger partial charge in [-0.3, -0.25) is 0 Å². The third-order valence-corrected chi connectivity index (χ3v) is 3.01. The third kappa shape index (κ3) is 2.97. The first kappa shape index (κ1) is 12.4. The normalized spacial score (nSPS) is 18.2. The molecule has 0 aliphatic heterocycles. The summed E-state index contributed by atoms with van der Waals surface area (Å²) in [6.07, 6.45) is -1.71. The second-order valence-corrected chi connectivity index (χ2v) is 4.52. The fourth-order valence-electron chi connectivity index (χ4n) is 1.84. The minimum atomic E-state index is -4.51. The molecule has 1 aromatic carbocycles. The first-order valence-electron chi connectivity index (χ1n) is 5.50. The number of halogens is 4. The van der Waals surface area contributed by atoms with Crippen LogP contribution in [0.5, 0.6) is 0 Å². The molecule has 1 atom stereocenters. The lowest BCUT2D eigenvalue weighted by atomic mass is 10.00. The molecule has 1 aliphatic rings. The van der Waals surface area contributed by atoms with Gasteiger partial charge in [-0.1, -0.05) is 18.9 Å². The summed E-state index contributed by atoms with van der Waals surface area (Å²) in [5.74, 6) is -0.361. The summed E-state index contributed by atoms with van der Waals surface area (Å²) in [5.41, 5.74) is 4.97. The summed E-state index contributed by atoms with van der Waals surface area (Å²) in [4.78, 5) is 0. The van der Waals surface area contributed by atoms with E-state index in [1.807, 2.05) is 0 Å². The van der Waals surface area contributed by atoms with E-state index >= 15 is 0 Å². The highest BCUT2D eigenvalue weighted by Crippen LogP contribution is 2.38. The Morgan fingerprint density at radius 2 is 1.94 bits per heavy atom. The largest absolute Gasteiger partial charge is 0.416 e. The summed E-state index contributed by atoms with van der Waals surface area (Å²) >= 11 is 0. The van der Waals surface area contributed by atoms with E-state index in [0.29, 0.717) is 18.4 Å². The number of hydrogen-bond acceptors (Lipinski definition) is 1. The molecule has 0 amide bonds. The molecule has 2 rings (SSSR count). The summed E-state index contributed by atoms with van der Waals surface area (Å²) in [7, 11) is 0. The maximum absolute atomic E-state index is 13.5. The average molecular weight is 247 g/mol. The Bertz CT molecular complexity index is 409. The Hall–Kier alpha value is -1.10. The fourth-order valence-corrected chi connectivity index (χ4v) is 1.84. The zero-order valence-corrected chi connectivity index (χ0v) is 9.10. The summed E-state index contributed by atoms with van der Waals surface area (Å²) < 4.78 is 50.5. The van der Waals surface area contributed by atoms with Crippen LogP contribution in [0.1, 0.15) is 36.4 Å². The van der Waals surface area contributed by atoms with Crippen LogP contribution in [0, 0.1) is 11.7 Å². The van der Waals surface area contributed by atoms with Crippen molar-refractivity contribution in [3.05, 3.63) is 35.1 Å². The molecule has 0 heterocycles. The SMILES string of the molecule is N[C@H](CC1CC1)c1ccc(C(F)(F)F)cc1F. The maximum atomic E-state index is 13.5. The molecule has 0 aromatic heterocycles. The molecular formula is C12H13F4N. The molecule has 17 heavy (non-hydrogen) atoms. The summed E-state index contributed by atoms with van der Waals surface area (Å²) in [5, 5.41) is 0. The van der Waals surface area contributed by atoms with E-state index in [-0.39, 0.29) is 5.56 Å². The van der Waals surface area contributed by atoms with Crippen LogP contribution in [0.15, 0.2) is 18.2 Å². The van der Waals surface area contributed by atoms with Crippen LogP contribution in [-0.4, -0.2) is 0 Å². The van der Waals surface area contributed by atoms with Crippen LogP contribution >= 0.6 is 0 Å². The lowest BCUT2D eigenvalue weighted by molar-refractivity contribution is -0.137. The van der Waals surface area contributed by atoms with Crippen LogP contribution in [-0.2, 0) is 6.18 Å². The second-order valence-electron chi connectivity index (χ2n) is 4.52. The van der Waals surface area contributed by atoms with Crippen molar-refractivity contribution in [1.29, 1.82) is 0 Å². The quantitative estimate of drug-likeness (QED) is 0.811. The molecule has 5 heteroatoms. The zero-order valence-electron chi connectivity index (χ0n) is 9.10. The van der Waals surface area contributed by atoms with Crippen LogP contribution in [0.25, 0.3) is 0 Å². The highest BCUT2D eigenvalue weighted by Gasteiger charge is 2.32. The monoisotopic (exact) mass is 247 g/mol. The van der Waals surface area contributed by atoms with Crippen LogP contribution in [0.2, 0.25) is 0 Å². The van der Waals surface area contributed by atoms with Gasteiger partial charge in [0, 0.05) is 11.6 Å². The van der Waals surface area contributed by atoms with Gasteiger partial charge in [0.2, 0.25) is 0 Å². The minimum Gasteiger partial charge on any atom is -0.324 e. The van der Waals surface area contributed by atoms with E-state index < -0.39 is 23.6 Å². The smallest absolute Gasteiger partial charge is 0.324 e. The van der Waals surface area contributed by atoms with Crippen molar-refractivity contribution in [2.24, 2.45) is 11.7 Å². The van der Waals surface area contributed by atoms with Gasteiger partial charge in [-0.05, 0) is 24.5 Å². The maximum Gasteiger partial charge on any atom is 0.416 e. The third-order valence-electron chi connectivity index (χ3n) is 3.01. The van der Waals surface area contributed by atoms with E-state index in [9.17, 15) is 17.6 Å². The van der Waals surface area contributed by atoms with Crippen molar-refractivity contribution >= 4 is 0 Å². The molecule has 0 unspecified atom stereocenters. The van der Waals surface area contributed by atoms with Crippen molar-refractivity contribution in [3.63, 3.8) is 0 Å². The fraction of sp³-hybridized carbons (Fsp3) is 0.500. The molecule has 94 valence electrons. The number of alkyl halides is 3. The molecule has 1 fully saturated rings. The highest BCUT2D eigenvalue weighted by molar-refractivity contribution is 5.28. The van der Waals surface area contributed by atoms with Gasteiger partial charge in [0.15, 0.2) is 0 Å². The van der Waals surface area contributed by atoms with Crippen LogP contribution in [0.4, 0.5) is 17.6 Å². The van der Waals surface area contributed by atoms with E-state index in [1.165, 1.54) is 0 Å². The lowest BCUT2D eigenvalue weighted by Gasteiger charge is -2.14. The molecule has 1 aromatic rings. The van der Waals surface area contributed by atoms with Gasteiger partial charge in [0.25, 0.3) is 0 Å². The van der Waals surface area contributed by atoms with Gasteiger partial charge in [0.05, 0.1) is 5.56 Å². The predicted octanol–water partition coefficient (Wildman–Crippen LogP) is 3.64. The Morgan fingerprint density at radius 1 is 1.29 bits per heavy atom. The topological polar surface area (TPSA) is 26.0 Å². The Morgan fingerprint density at radius 3 is 2.41 bits per heavy atom. The van der Waals surface area contributed by atoms with Gasteiger partial charge in [-0.2, -0.15) is 13.2 Å². The van der Waals surface area contributed by atoms with Crippen molar-refractivity contribution in [3.8, 4) is 0 Å². The van der Waals surface area contributed by atoms with Crippen LogP contribution in [0.3, 0.4) is 0 Å². The molecule has 0 radical (unpaired) electrons. The summed E-state index contributed by atoms with van der Waals surface area (Å²) in [6, 6.07) is 2.03. The number of benzene rings is 1. The first-order chi connectivity index (χ1) is 7.88. The van der Waals surface area contributed by atoms with Gasteiger partial charge >= 0.3 is 6.18 Å². The minimum absolute atomic E-state index is 0.171.